The SMILES string of the molecule is Cc1c(-c2ccnn2-c2ccc(C#N)cc2)n(C(=O)NC2CCC(CC[N+](C)(C)C)CC2)c(=O)n1-c1cccc(C(F)(F)F)c1. The van der Waals surface area contributed by atoms with Gasteiger partial charge in [-0.15, -0.1) is 0 Å². The highest BCUT2D eigenvalue weighted by Gasteiger charge is 2.33. The zero-order valence-corrected chi connectivity index (χ0v) is 25.8. The van der Waals surface area contributed by atoms with Crippen LogP contribution in [0.4, 0.5) is 18.0 Å². The van der Waals surface area contributed by atoms with Crippen molar-refractivity contribution in [3.63, 3.8) is 0 Å². The minimum Gasteiger partial charge on any atom is -0.335 e. The number of alkyl halides is 3. The molecule has 2 aromatic carbocycles. The highest BCUT2D eigenvalue weighted by molar-refractivity contribution is 5.83. The van der Waals surface area contributed by atoms with E-state index in [9.17, 15) is 28.0 Å². The number of nitrogens with zero attached hydrogens (tertiary/aromatic N) is 6. The van der Waals surface area contributed by atoms with Gasteiger partial charge in [-0.1, -0.05) is 6.07 Å². The van der Waals surface area contributed by atoms with Crippen molar-refractivity contribution in [2.24, 2.45) is 5.92 Å². The Bertz CT molecular complexity index is 1780. The first-order valence-corrected chi connectivity index (χ1v) is 14.9. The summed E-state index contributed by atoms with van der Waals surface area (Å²) >= 11 is 0. The summed E-state index contributed by atoms with van der Waals surface area (Å²) < 4.78 is 45.4. The van der Waals surface area contributed by atoms with Gasteiger partial charge in [0.15, 0.2) is 0 Å². The Morgan fingerprint density at radius 1 is 1.04 bits per heavy atom. The fraction of sp³-hybridized carbons (Fsp3) is 0.394. The first-order chi connectivity index (χ1) is 21.3. The average molecular weight is 621 g/mol. The summed E-state index contributed by atoms with van der Waals surface area (Å²) in [5, 5.41) is 16.7. The molecule has 2 heterocycles. The number of amides is 1. The zero-order chi connectivity index (χ0) is 32.5. The topological polar surface area (TPSA) is 97.6 Å². The van der Waals surface area contributed by atoms with E-state index in [4.69, 9.17) is 0 Å². The predicted molar refractivity (Wildman–Crippen MR) is 164 cm³/mol. The predicted octanol–water partition coefficient (Wildman–Crippen LogP) is 5.90. The zero-order valence-electron chi connectivity index (χ0n) is 25.8. The molecule has 1 aliphatic carbocycles. The number of rotatable bonds is 7. The summed E-state index contributed by atoms with van der Waals surface area (Å²) in [5.74, 6) is 0.569. The summed E-state index contributed by atoms with van der Waals surface area (Å²) in [6, 6.07) is 14.0. The van der Waals surface area contributed by atoms with E-state index in [1.54, 1.807) is 37.3 Å². The van der Waals surface area contributed by atoms with Crippen molar-refractivity contribution in [2.45, 2.75) is 51.2 Å². The van der Waals surface area contributed by atoms with Gasteiger partial charge < -0.3 is 9.80 Å². The van der Waals surface area contributed by atoms with Gasteiger partial charge in [0.1, 0.15) is 5.69 Å². The number of benzene rings is 2. The third-order valence-corrected chi connectivity index (χ3v) is 8.43. The number of hydrogen-bond donors (Lipinski definition) is 1. The largest absolute Gasteiger partial charge is 0.416 e. The maximum Gasteiger partial charge on any atom is 0.416 e. The third-order valence-electron chi connectivity index (χ3n) is 8.43. The van der Waals surface area contributed by atoms with Crippen molar-refractivity contribution in [1.82, 2.24) is 24.2 Å². The molecule has 1 saturated carbocycles. The van der Waals surface area contributed by atoms with Crippen molar-refractivity contribution in [3.05, 3.63) is 88.1 Å². The molecule has 2 aromatic heterocycles. The van der Waals surface area contributed by atoms with E-state index in [2.05, 4.69) is 37.6 Å². The van der Waals surface area contributed by atoms with Gasteiger partial charge in [0.2, 0.25) is 0 Å². The molecule has 12 heteroatoms. The molecule has 45 heavy (non-hydrogen) atoms. The fourth-order valence-corrected chi connectivity index (χ4v) is 5.99. The van der Waals surface area contributed by atoms with Gasteiger partial charge in [-0.05, 0) is 93.5 Å². The fourth-order valence-electron chi connectivity index (χ4n) is 5.99. The number of nitrogens with one attached hydrogen (secondary N) is 1. The van der Waals surface area contributed by atoms with Gasteiger partial charge in [0, 0.05) is 6.04 Å². The molecule has 4 aromatic rings. The van der Waals surface area contributed by atoms with Gasteiger partial charge >= 0.3 is 17.9 Å². The number of aromatic nitrogens is 4. The number of imidazole rings is 1. The maximum atomic E-state index is 14.0. The molecule has 0 bridgehead atoms. The standard InChI is InChI=1S/C33H36F3N7O2/c1-22-30(29-16-18-38-42(29)27-14-10-24(21-37)11-15-27)41(32(45)40(22)28-7-5-6-25(20-28)33(34,35)36)31(44)39-26-12-8-23(9-13-26)17-19-43(2,3)4/h5-7,10-11,14-16,18,20,23,26H,8-9,12-13,17,19H2,1-4H3/p+1. The van der Waals surface area contributed by atoms with E-state index in [0.29, 0.717) is 22.9 Å². The van der Waals surface area contributed by atoms with Crippen molar-refractivity contribution in [1.29, 1.82) is 5.26 Å². The second kappa shape index (κ2) is 12.4. The number of halogens is 3. The normalized spacial score (nSPS) is 17.2. The third kappa shape index (κ3) is 6.88. The first-order valence-electron chi connectivity index (χ1n) is 14.9. The van der Waals surface area contributed by atoms with E-state index >= 15 is 0 Å². The minimum atomic E-state index is -4.62. The summed E-state index contributed by atoms with van der Waals surface area (Å²) in [6.45, 7) is 2.66. The quantitative estimate of drug-likeness (QED) is 0.260. The second-order valence-electron chi connectivity index (χ2n) is 12.7. The summed E-state index contributed by atoms with van der Waals surface area (Å²) in [7, 11) is 6.51. The van der Waals surface area contributed by atoms with Crippen LogP contribution in [-0.4, -0.2) is 63.2 Å². The second-order valence-corrected chi connectivity index (χ2v) is 12.7. The lowest BCUT2D eigenvalue weighted by Crippen LogP contribution is -2.44. The molecule has 1 aliphatic rings. The minimum absolute atomic E-state index is 0.0117. The lowest BCUT2D eigenvalue weighted by Gasteiger charge is -2.31. The number of quaternary nitrogens is 1. The summed E-state index contributed by atoms with van der Waals surface area (Å²) in [5.41, 5.74) is 0.177. The van der Waals surface area contributed by atoms with Gasteiger partial charge in [0.05, 0.1) is 73.8 Å². The molecule has 0 unspecified atom stereocenters. The summed E-state index contributed by atoms with van der Waals surface area (Å²) in [4.78, 5) is 28.0. The number of nitriles is 1. The molecule has 5 rings (SSSR count). The van der Waals surface area contributed by atoms with Crippen LogP contribution in [-0.2, 0) is 6.18 Å². The van der Waals surface area contributed by atoms with E-state index in [-0.39, 0.29) is 23.1 Å². The van der Waals surface area contributed by atoms with E-state index in [0.717, 1.165) is 64.4 Å². The van der Waals surface area contributed by atoms with Crippen LogP contribution in [0.15, 0.2) is 65.6 Å². The molecule has 236 valence electrons. The Hall–Kier alpha value is -4.63. The highest BCUT2D eigenvalue weighted by atomic mass is 19.4. The molecular formula is C33H37F3N7O2+. The molecule has 0 atom stereocenters. The van der Waals surface area contributed by atoms with E-state index < -0.39 is 23.5 Å². The number of carbonyl (C=O) groups is 1. The molecule has 1 N–H and O–H groups in total. The Labute approximate surface area is 259 Å². The Morgan fingerprint density at radius 2 is 1.73 bits per heavy atom. The Morgan fingerprint density at radius 3 is 2.36 bits per heavy atom. The van der Waals surface area contributed by atoms with Crippen LogP contribution in [0.25, 0.3) is 22.8 Å². The van der Waals surface area contributed by atoms with E-state index in [1.807, 2.05) is 0 Å². The molecule has 0 aliphatic heterocycles. The molecule has 1 fully saturated rings. The molecule has 9 nitrogen and oxygen atoms in total. The maximum absolute atomic E-state index is 14.0. The van der Waals surface area contributed by atoms with Gasteiger partial charge in [-0.2, -0.15) is 23.5 Å². The van der Waals surface area contributed by atoms with Gasteiger partial charge in [-0.25, -0.2) is 18.8 Å². The van der Waals surface area contributed by atoms with Crippen LogP contribution in [0.2, 0.25) is 0 Å². The number of hydrogen-bond acceptors (Lipinski definition) is 4. The molecular weight excluding hydrogens is 583 g/mol. The van der Waals surface area contributed by atoms with Gasteiger partial charge in [-0.3, -0.25) is 4.57 Å². The first kappa shape index (κ1) is 31.8. The molecule has 0 spiro atoms. The lowest BCUT2D eigenvalue weighted by atomic mass is 9.84. The van der Waals surface area contributed by atoms with Crippen molar-refractivity contribution in [3.8, 4) is 28.8 Å². The van der Waals surface area contributed by atoms with Crippen molar-refractivity contribution in [2.75, 3.05) is 27.7 Å². The monoisotopic (exact) mass is 620 g/mol. The molecule has 0 saturated heterocycles. The highest BCUT2D eigenvalue weighted by Crippen LogP contribution is 2.32. The Kier molecular flexibility index (Phi) is 8.76. The smallest absolute Gasteiger partial charge is 0.335 e. The number of carbonyl (C=O) groups excluding carboxylic acids is 1. The van der Waals surface area contributed by atoms with Crippen LogP contribution in [0.5, 0.6) is 0 Å². The summed E-state index contributed by atoms with van der Waals surface area (Å²) in [6.07, 6.45) is 1.47. The van der Waals surface area contributed by atoms with Crippen LogP contribution in [0.1, 0.15) is 48.9 Å². The van der Waals surface area contributed by atoms with Gasteiger partial charge in [0.25, 0.3) is 0 Å². The van der Waals surface area contributed by atoms with Crippen molar-refractivity contribution >= 4 is 6.03 Å². The molecule has 0 radical (unpaired) electrons. The average Bonchev–Trinajstić information content (AvgIpc) is 3.57. The van der Waals surface area contributed by atoms with Crippen LogP contribution >= 0.6 is 0 Å². The van der Waals surface area contributed by atoms with Crippen molar-refractivity contribution < 1.29 is 22.4 Å². The van der Waals surface area contributed by atoms with Crippen LogP contribution < -0.4 is 11.0 Å². The van der Waals surface area contributed by atoms with Crippen LogP contribution in [0, 0.1) is 24.2 Å². The Balaban J connectivity index is 1.54. The lowest BCUT2D eigenvalue weighted by molar-refractivity contribution is -0.871. The molecule has 1 amide bonds. The van der Waals surface area contributed by atoms with Crippen LogP contribution in [0.3, 0.4) is 0 Å². The van der Waals surface area contributed by atoms with E-state index in [1.165, 1.54) is 23.0 Å².